The van der Waals surface area contributed by atoms with Gasteiger partial charge in [-0.1, -0.05) is 0 Å². The maximum absolute atomic E-state index is 12.1. The summed E-state index contributed by atoms with van der Waals surface area (Å²) in [5.41, 5.74) is 7.63. The first-order chi connectivity index (χ1) is 13.3. The van der Waals surface area contributed by atoms with Gasteiger partial charge in [-0.05, 0) is 51.7 Å². The Morgan fingerprint density at radius 3 is 2.71 bits per heavy atom. The van der Waals surface area contributed by atoms with Gasteiger partial charge in [0, 0.05) is 29.9 Å². The van der Waals surface area contributed by atoms with E-state index in [0.717, 1.165) is 19.6 Å². The molecule has 0 spiro atoms. The average molecular weight is 477 g/mol. The van der Waals surface area contributed by atoms with Crippen molar-refractivity contribution in [3.63, 3.8) is 0 Å². The van der Waals surface area contributed by atoms with Gasteiger partial charge in [0.15, 0.2) is 5.82 Å². The highest BCUT2D eigenvalue weighted by Gasteiger charge is 2.29. The molecule has 0 bridgehead atoms. The van der Waals surface area contributed by atoms with Gasteiger partial charge < -0.3 is 11.1 Å². The standard InChI is InChI=1S/C16H16BrF3N6OS/c17-12-11(7-10(21)3-6-27-16(18,19)20)28-14-13(12)24-26-25-15(14)23-8-9-1-4-22-5-2-9/h1-2,4-5,10H,3,6-8,21H2,(H,23,24,25)/t10-/m0/s1. The van der Waals surface area contributed by atoms with E-state index in [2.05, 4.69) is 46.4 Å². The van der Waals surface area contributed by atoms with E-state index in [1.807, 2.05) is 12.1 Å². The molecule has 3 rings (SSSR count). The Morgan fingerprint density at radius 2 is 2.00 bits per heavy atom. The summed E-state index contributed by atoms with van der Waals surface area (Å²) in [5, 5.41) is 15.1. The molecule has 0 saturated carbocycles. The molecule has 150 valence electrons. The third kappa shape index (κ3) is 5.56. The van der Waals surface area contributed by atoms with Gasteiger partial charge in [0.2, 0.25) is 0 Å². The molecule has 12 heteroatoms. The second-order valence-electron chi connectivity index (χ2n) is 5.91. The van der Waals surface area contributed by atoms with Crippen LogP contribution in [0.3, 0.4) is 0 Å². The lowest BCUT2D eigenvalue weighted by Crippen LogP contribution is -2.26. The number of nitrogens with one attached hydrogen (secondary N) is 1. The zero-order chi connectivity index (χ0) is 20.1. The van der Waals surface area contributed by atoms with Gasteiger partial charge in [0.05, 0.1) is 11.1 Å². The van der Waals surface area contributed by atoms with Gasteiger partial charge in [-0.3, -0.25) is 9.72 Å². The van der Waals surface area contributed by atoms with Crippen molar-refractivity contribution in [1.82, 2.24) is 20.4 Å². The molecular weight excluding hydrogens is 461 g/mol. The van der Waals surface area contributed by atoms with E-state index in [1.165, 1.54) is 11.3 Å². The quantitative estimate of drug-likeness (QED) is 0.511. The predicted molar refractivity (Wildman–Crippen MR) is 103 cm³/mol. The summed E-state index contributed by atoms with van der Waals surface area (Å²) in [6.45, 7) is 0.0583. The summed E-state index contributed by atoms with van der Waals surface area (Å²) in [7, 11) is 0. The van der Waals surface area contributed by atoms with Crippen LogP contribution in [0.25, 0.3) is 10.2 Å². The predicted octanol–water partition coefficient (Wildman–Crippen LogP) is 3.65. The summed E-state index contributed by atoms with van der Waals surface area (Å²) >= 11 is 4.91. The first kappa shape index (κ1) is 20.8. The van der Waals surface area contributed by atoms with Crippen molar-refractivity contribution in [2.45, 2.75) is 31.8 Å². The Labute approximate surface area is 170 Å². The molecule has 0 aliphatic heterocycles. The monoisotopic (exact) mass is 476 g/mol. The maximum Gasteiger partial charge on any atom is 0.522 e. The number of anilines is 1. The number of aromatic nitrogens is 4. The number of nitrogens with zero attached hydrogens (tertiary/aromatic N) is 4. The molecule has 0 fully saturated rings. The molecule has 3 heterocycles. The largest absolute Gasteiger partial charge is 0.522 e. The molecule has 0 aliphatic rings. The Balaban J connectivity index is 1.69. The minimum Gasteiger partial charge on any atom is -0.363 e. The van der Waals surface area contributed by atoms with Crippen LogP contribution < -0.4 is 11.1 Å². The van der Waals surface area contributed by atoms with Crippen LogP contribution in [0.15, 0.2) is 29.0 Å². The lowest BCUT2D eigenvalue weighted by molar-refractivity contribution is -0.324. The summed E-state index contributed by atoms with van der Waals surface area (Å²) in [6, 6.07) is 3.29. The van der Waals surface area contributed by atoms with Crippen LogP contribution in [0.1, 0.15) is 16.9 Å². The van der Waals surface area contributed by atoms with E-state index < -0.39 is 19.0 Å². The fourth-order valence-corrected chi connectivity index (χ4v) is 4.45. The third-order valence-electron chi connectivity index (χ3n) is 3.81. The number of hydrogen-bond donors (Lipinski definition) is 2. The van der Waals surface area contributed by atoms with Gasteiger partial charge in [-0.15, -0.1) is 34.7 Å². The van der Waals surface area contributed by atoms with E-state index in [0.29, 0.717) is 24.3 Å². The second kappa shape index (κ2) is 9.07. The highest BCUT2D eigenvalue weighted by atomic mass is 79.9. The summed E-state index contributed by atoms with van der Waals surface area (Å²) in [4.78, 5) is 4.84. The topological polar surface area (TPSA) is 98.8 Å². The smallest absolute Gasteiger partial charge is 0.363 e. The molecule has 0 radical (unpaired) electrons. The van der Waals surface area contributed by atoms with E-state index in [1.54, 1.807) is 12.4 Å². The molecule has 1 atom stereocenters. The summed E-state index contributed by atoms with van der Waals surface area (Å²) < 4.78 is 41.5. The van der Waals surface area contributed by atoms with E-state index >= 15 is 0 Å². The van der Waals surface area contributed by atoms with Crippen molar-refractivity contribution in [2.24, 2.45) is 5.73 Å². The molecule has 3 N–H and O–H groups in total. The molecular formula is C16H16BrF3N6OS. The van der Waals surface area contributed by atoms with Crippen molar-refractivity contribution in [3.8, 4) is 0 Å². The van der Waals surface area contributed by atoms with Gasteiger partial charge in [-0.2, -0.15) is 0 Å². The van der Waals surface area contributed by atoms with E-state index in [-0.39, 0.29) is 6.42 Å². The van der Waals surface area contributed by atoms with Crippen LogP contribution in [0.4, 0.5) is 19.0 Å². The lowest BCUT2D eigenvalue weighted by atomic mass is 10.1. The zero-order valence-electron chi connectivity index (χ0n) is 14.4. The van der Waals surface area contributed by atoms with Crippen LogP contribution >= 0.6 is 27.3 Å². The number of pyridine rings is 1. The Hall–Kier alpha value is -1.89. The number of nitrogens with two attached hydrogens (primary N) is 1. The number of rotatable bonds is 8. The van der Waals surface area contributed by atoms with Gasteiger partial charge >= 0.3 is 6.36 Å². The number of fused-ring (bicyclic) bond motifs is 1. The van der Waals surface area contributed by atoms with Crippen molar-refractivity contribution in [1.29, 1.82) is 0 Å². The normalized spacial score (nSPS) is 13.0. The van der Waals surface area contributed by atoms with Crippen molar-refractivity contribution >= 4 is 43.3 Å². The highest BCUT2D eigenvalue weighted by Crippen LogP contribution is 2.37. The third-order valence-corrected chi connectivity index (χ3v) is 6.13. The molecule has 0 amide bonds. The molecule has 0 aromatic carbocycles. The van der Waals surface area contributed by atoms with Crippen LogP contribution in [-0.2, 0) is 17.7 Å². The highest BCUT2D eigenvalue weighted by molar-refractivity contribution is 9.10. The lowest BCUT2D eigenvalue weighted by Gasteiger charge is -2.12. The number of ether oxygens (including phenoxy) is 1. The molecule has 0 unspecified atom stereocenters. The Bertz CT molecular complexity index is 924. The molecule has 3 aromatic rings. The SMILES string of the molecule is N[C@@H](CCOC(F)(F)F)Cc1sc2c(NCc3ccncc3)nnnc2c1Br. The molecule has 0 aliphatic carbocycles. The van der Waals surface area contributed by atoms with Crippen molar-refractivity contribution in [2.75, 3.05) is 11.9 Å². The summed E-state index contributed by atoms with van der Waals surface area (Å²) in [6.07, 6.45) is -0.776. The first-order valence-electron chi connectivity index (χ1n) is 8.23. The summed E-state index contributed by atoms with van der Waals surface area (Å²) in [5.74, 6) is 0.577. The van der Waals surface area contributed by atoms with Gasteiger partial charge in [0.1, 0.15) is 10.2 Å². The number of alkyl halides is 3. The van der Waals surface area contributed by atoms with E-state index in [4.69, 9.17) is 5.73 Å². The van der Waals surface area contributed by atoms with Crippen LogP contribution in [0.2, 0.25) is 0 Å². The fourth-order valence-electron chi connectivity index (χ4n) is 2.45. The van der Waals surface area contributed by atoms with Gasteiger partial charge in [0.25, 0.3) is 0 Å². The second-order valence-corrected chi connectivity index (χ2v) is 7.81. The van der Waals surface area contributed by atoms with Crippen LogP contribution in [-0.4, -0.2) is 39.4 Å². The van der Waals surface area contributed by atoms with E-state index in [9.17, 15) is 13.2 Å². The minimum absolute atomic E-state index is 0.0806. The number of halogens is 4. The number of thiophene rings is 1. The van der Waals surface area contributed by atoms with Crippen molar-refractivity contribution < 1.29 is 17.9 Å². The van der Waals surface area contributed by atoms with Crippen LogP contribution in [0.5, 0.6) is 0 Å². The van der Waals surface area contributed by atoms with Gasteiger partial charge in [-0.25, -0.2) is 0 Å². The Kier molecular flexibility index (Phi) is 6.75. The molecule has 28 heavy (non-hydrogen) atoms. The fraction of sp³-hybridized carbons (Fsp3) is 0.375. The molecule has 3 aromatic heterocycles. The van der Waals surface area contributed by atoms with Crippen molar-refractivity contribution in [3.05, 3.63) is 39.4 Å². The minimum atomic E-state index is -4.64. The number of hydrogen-bond acceptors (Lipinski definition) is 8. The average Bonchev–Trinajstić information content (AvgIpc) is 2.96. The zero-order valence-corrected chi connectivity index (χ0v) is 16.8. The first-order valence-corrected chi connectivity index (χ1v) is 9.83. The Morgan fingerprint density at radius 1 is 1.25 bits per heavy atom. The molecule has 0 saturated heterocycles. The molecule has 7 nitrogen and oxygen atoms in total. The maximum atomic E-state index is 12.1. The van der Waals surface area contributed by atoms with Crippen LogP contribution in [0, 0.1) is 0 Å².